The van der Waals surface area contributed by atoms with Gasteiger partial charge in [0.25, 0.3) is 0 Å². The predicted molar refractivity (Wildman–Crippen MR) is 13.5 cm³/mol. The van der Waals surface area contributed by atoms with Crippen molar-refractivity contribution >= 4 is 25.8 Å². The van der Waals surface area contributed by atoms with Crippen LogP contribution in [0.5, 0.6) is 0 Å². The maximum atomic E-state index is 8.67. The number of rotatable bonds is 0. The molecule has 0 rings (SSSR count). The molecule has 0 unspecified atom stereocenters. The molecule has 0 aliphatic heterocycles. The third-order valence-electron chi connectivity index (χ3n) is 0. The van der Waals surface area contributed by atoms with Crippen molar-refractivity contribution in [2.45, 2.75) is 0 Å². The van der Waals surface area contributed by atoms with Crippen molar-refractivity contribution in [2.24, 2.45) is 0 Å². The molecule has 0 aromatic carbocycles. The molecule has 0 heterocycles. The standard InChI is InChI=1S/In.H2O.2O.V.3H/h;1H2;;;;;;/q;;;;+1;;;/p-1. The average molecular weight is 218 g/mol. The van der Waals surface area contributed by atoms with Gasteiger partial charge in [0, 0.05) is 0 Å². The molecular weight excluding hydrogens is 214 g/mol. The van der Waals surface area contributed by atoms with E-state index >= 15 is 0 Å². The fraction of sp³-hybridized carbons (Fsp3) is 0. The first-order chi connectivity index (χ1) is 1.73. The second-order valence-corrected chi connectivity index (χ2v) is 0.981. The van der Waals surface area contributed by atoms with E-state index in [1.165, 1.54) is 0 Å². The van der Waals surface area contributed by atoms with E-state index in [1.54, 1.807) is 0 Å². The van der Waals surface area contributed by atoms with Crippen LogP contribution in [0.1, 0.15) is 0 Å². The summed E-state index contributed by atoms with van der Waals surface area (Å²) in [6, 6.07) is 0. The Hall–Kier alpha value is 1.01. The summed E-state index contributed by atoms with van der Waals surface area (Å²) in [5.41, 5.74) is 0. The molecule has 30 valence electrons. The SMILES string of the molecule is [InH3].[O]=[V](=[O])[OH]. The first-order valence-corrected chi connectivity index (χ1v) is 2.33. The van der Waals surface area contributed by atoms with Crippen molar-refractivity contribution in [3.05, 3.63) is 0 Å². The van der Waals surface area contributed by atoms with Crippen LogP contribution in [-0.4, -0.2) is 29.9 Å². The van der Waals surface area contributed by atoms with E-state index in [0.29, 0.717) is 0 Å². The molecule has 0 bridgehead atoms. The van der Waals surface area contributed by atoms with Gasteiger partial charge in [-0.1, -0.05) is 0 Å². The fourth-order valence-electron chi connectivity index (χ4n) is 0. The van der Waals surface area contributed by atoms with Crippen LogP contribution < -0.4 is 0 Å². The first-order valence-electron chi connectivity index (χ1n) is 0.565. The Balaban J connectivity index is 0. The molecule has 0 saturated carbocycles. The van der Waals surface area contributed by atoms with Crippen LogP contribution >= 0.6 is 0 Å². The molecule has 0 atom stereocenters. The van der Waals surface area contributed by atoms with E-state index in [9.17, 15) is 0 Å². The normalized spacial score (nSPS) is 5.00. The van der Waals surface area contributed by atoms with Crippen molar-refractivity contribution in [3.8, 4) is 0 Å². The Morgan fingerprint density at radius 3 is 1.40 bits per heavy atom. The summed E-state index contributed by atoms with van der Waals surface area (Å²) in [6.07, 6.45) is 0. The van der Waals surface area contributed by atoms with Gasteiger partial charge in [-0.25, -0.2) is 0 Å². The molecule has 0 aromatic rings. The molecule has 3 nitrogen and oxygen atoms in total. The van der Waals surface area contributed by atoms with Crippen LogP contribution in [0, 0.1) is 0 Å². The molecule has 5 heteroatoms. The molecule has 1 N–H and O–H groups in total. The quantitative estimate of drug-likeness (QED) is 0.512. The Bertz CT molecular complexity index is 55.3. The van der Waals surface area contributed by atoms with E-state index in [4.69, 9.17) is 11.4 Å². The minimum absolute atomic E-state index is 0. The summed E-state index contributed by atoms with van der Waals surface area (Å²) >= 11 is -3.69. The van der Waals surface area contributed by atoms with Gasteiger partial charge in [0.05, 0.1) is 0 Å². The van der Waals surface area contributed by atoms with Gasteiger partial charge in [0.2, 0.25) is 0 Å². The van der Waals surface area contributed by atoms with Crippen LogP contribution in [0.2, 0.25) is 0 Å². The van der Waals surface area contributed by atoms with Crippen molar-refractivity contribution in [1.82, 2.24) is 0 Å². The van der Waals surface area contributed by atoms with Crippen LogP contribution in [0.3, 0.4) is 0 Å². The summed E-state index contributed by atoms with van der Waals surface area (Å²) in [7, 11) is 0. The van der Waals surface area contributed by atoms with E-state index in [-0.39, 0.29) is 25.8 Å². The van der Waals surface area contributed by atoms with Gasteiger partial charge < -0.3 is 0 Å². The average Bonchev–Trinajstić information content (AvgIpc) is 0.811. The zero-order chi connectivity index (χ0) is 3.58. The van der Waals surface area contributed by atoms with E-state index < -0.39 is 15.4 Å². The second kappa shape index (κ2) is 5.01. The number of hydrogen-bond acceptors (Lipinski definition) is 2. The van der Waals surface area contributed by atoms with Gasteiger partial charge in [-0.3, -0.25) is 0 Å². The van der Waals surface area contributed by atoms with Crippen molar-refractivity contribution in [3.63, 3.8) is 0 Å². The molecule has 0 fully saturated rings. The third-order valence-corrected chi connectivity index (χ3v) is 0. The molecule has 0 radical (unpaired) electrons. The Kier molecular flexibility index (Phi) is 9.41. The second-order valence-electron chi connectivity index (χ2n) is 0.238. The summed E-state index contributed by atoms with van der Waals surface area (Å²) in [5, 5.41) is 0. The molecule has 0 aromatic heterocycles. The van der Waals surface area contributed by atoms with Crippen molar-refractivity contribution in [1.29, 1.82) is 0 Å². The van der Waals surface area contributed by atoms with E-state index in [2.05, 4.69) is 0 Å². The molecule has 0 spiro atoms. The topological polar surface area (TPSA) is 54.4 Å². The van der Waals surface area contributed by atoms with Gasteiger partial charge in [-0.15, -0.1) is 0 Å². The fourth-order valence-corrected chi connectivity index (χ4v) is 0. The van der Waals surface area contributed by atoms with Crippen LogP contribution in [0.4, 0.5) is 0 Å². The molecule has 0 amide bonds. The minimum atomic E-state index is -3.69. The van der Waals surface area contributed by atoms with E-state index in [1.807, 2.05) is 0 Å². The van der Waals surface area contributed by atoms with Crippen LogP contribution in [0.15, 0.2) is 0 Å². The van der Waals surface area contributed by atoms with E-state index in [0.717, 1.165) is 0 Å². The predicted octanol–water partition coefficient (Wildman–Crippen LogP) is -1.98. The molecule has 5 heavy (non-hydrogen) atoms. The summed E-state index contributed by atoms with van der Waals surface area (Å²) in [6.45, 7) is 0. The van der Waals surface area contributed by atoms with Gasteiger partial charge >= 0.3 is 52.6 Å². The van der Waals surface area contributed by atoms with Crippen molar-refractivity contribution < 1.29 is 26.8 Å². The van der Waals surface area contributed by atoms with Gasteiger partial charge in [-0.05, 0) is 0 Å². The molecule has 0 saturated heterocycles. The molecular formula is H4InO3V. The Morgan fingerprint density at radius 2 is 1.40 bits per heavy atom. The van der Waals surface area contributed by atoms with Gasteiger partial charge in [0.15, 0.2) is 0 Å². The monoisotopic (exact) mass is 218 g/mol. The number of hydrogen-bond donors (Lipinski definition) is 1. The maximum absolute atomic E-state index is 8.67. The van der Waals surface area contributed by atoms with Crippen molar-refractivity contribution in [2.75, 3.05) is 0 Å². The first kappa shape index (κ1) is 9.38. The molecule has 0 aliphatic rings. The van der Waals surface area contributed by atoms with Gasteiger partial charge in [-0.2, -0.15) is 0 Å². The summed E-state index contributed by atoms with van der Waals surface area (Å²) in [5.74, 6) is 0. The summed E-state index contributed by atoms with van der Waals surface area (Å²) < 4.78 is 24.4. The third kappa shape index (κ3) is 44.3. The Labute approximate surface area is 52.5 Å². The molecule has 0 aliphatic carbocycles. The zero-order valence-corrected chi connectivity index (χ0v) is 3.11. The Morgan fingerprint density at radius 1 is 1.40 bits per heavy atom. The van der Waals surface area contributed by atoms with Gasteiger partial charge in [0.1, 0.15) is 0 Å². The van der Waals surface area contributed by atoms with Crippen LogP contribution in [-0.2, 0) is 22.7 Å². The van der Waals surface area contributed by atoms with Crippen LogP contribution in [0.25, 0.3) is 0 Å². The summed E-state index contributed by atoms with van der Waals surface area (Å²) in [4.78, 5) is 0. The zero-order valence-electron chi connectivity index (χ0n) is 1.71.